The molecule has 1 aromatic carbocycles. The normalized spacial score (nSPS) is 18.1. The van der Waals surface area contributed by atoms with Gasteiger partial charge in [0.1, 0.15) is 5.60 Å². The molecule has 0 saturated carbocycles. The minimum atomic E-state index is -0.734. The van der Waals surface area contributed by atoms with Crippen molar-refractivity contribution in [3.8, 4) is 0 Å². The molecule has 1 saturated heterocycles. The SMILES string of the molecule is COC1(C(=O)Nc2ccc(C)c(Cl)c2)CCNCC1. The van der Waals surface area contributed by atoms with E-state index >= 15 is 0 Å². The van der Waals surface area contributed by atoms with Gasteiger partial charge in [0, 0.05) is 17.8 Å². The summed E-state index contributed by atoms with van der Waals surface area (Å²) in [5, 5.41) is 6.77. The van der Waals surface area contributed by atoms with Gasteiger partial charge in [-0.25, -0.2) is 0 Å². The van der Waals surface area contributed by atoms with E-state index in [0.29, 0.717) is 23.6 Å². The first kappa shape index (κ1) is 14.3. The molecule has 0 radical (unpaired) electrons. The van der Waals surface area contributed by atoms with Crippen LogP contribution in [0.4, 0.5) is 5.69 Å². The molecule has 2 N–H and O–H groups in total. The van der Waals surface area contributed by atoms with Crippen molar-refractivity contribution in [3.05, 3.63) is 28.8 Å². The summed E-state index contributed by atoms with van der Waals surface area (Å²) in [4.78, 5) is 12.4. The Morgan fingerprint density at radius 1 is 1.42 bits per heavy atom. The van der Waals surface area contributed by atoms with Crippen molar-refractivity contribution in [2.75, 3.05) is 25.5 Å². The zero-order valence-electron chi connectivity index (χ0n) is 11.3. The highest BCUT2D eigenvalue weighted by molar-refractivity contribution is 6.31. The highest BCUT2D eigenvalue weighted by Gasteiger charge is 2.39. The van der Waals surface area contributed by atoms with Crippen LogP contribution in [0.25, 0.3) is 0 Å². The van der Waals surface area contributed by atoms with Gasteiger partial charge in [0.25, 0.3) is 5.91 Å². The maximum Gasteiger partial charge on any atom is 0.256 e. The second-order valence-electron chi connectivity index (χ2n) is 4.87. The van der Waals surface area contributed by atoms with E-state index < -0.39 is 5.60 Å². The van der Waals surface area contributed by atoms with E-state index in [2.05, 4.69) is 10.6 Å². The van der Waals surface area contributed by atoms with Crippen molar-refractivity contribution >= 4 is 23.2 Å². The van der Waals surface area contributed by atoms with Crippen molar-refractivity contribution in [2.24, 2.45) is 0 Å². The number of anilines is 1. The van der Waals surface area contributed by atoms with Crippen molar-refractivity contribution in [1.29, 1.82) is 0 Å². The van der Waals surface area contributed by atoms with Crippen LogP contribution in [0.5, 0.6) is 0 Å². The van der Waals surface area contributed by atoms with Crippen LogP contribution in [0.1, 0.15) is 18.4 Å². The first-order valence-electron chi connectivity index (χ1n) is 6.41. The van der Waals surface area contributed by atoms with Gasteiger partial charge in [-0.2, -0.15) is 0 Å². The van der Waals surface area contributed by atoms with E-state index in [1.165, 1.54) is 0 Å². The third kappa shape index (κ3) is 3.08. The molecule has 2 rings (SSSR count). The van der Waals surface area contributed by atoms with Gasteiger partial charge in [-0.15, -0.1) is 0 Å². The minimum absolute atomic E-state index is 0.101. The van der Waals surface area contributed by atoms with E-state index in [-0.39, 0.29) is 5.91 Å². The Morgan fingerprint density at radius 2 is 2.11 bits per heavy atom. The van der Waals surface area contributed by atoms with Gasteiger partial charge in [0.2, 0.25) is 0 Å². The van der Waals surface area contributed by atoms with Crippen molar-refractivity contribution in [2.45, 2.75) is 25.4 Å². The first-order chi connectivity index (χ1) is 9.07. The van der Waals surface area contributed by atoms with Crippen molar-refractivity contribution < 1.29 is 9.53 Å². The molecule has 4 nitrogen and oxygen atoms in total. The summed E-state index contributed by atoms with van der Waals surface area (Å²) in [7, 11) is 1.59. The molecule has 0 atom stereocenters. The zero-order chi connectivity index (χ0) is 13.9. The molecule has 104 valence electrons. The number of carbonyl (C=O) groups is 1. The third-order valence-electron chi connectivity index (χ3n) is 3.65. The van der Waals surface area contributed by atoms with Gasteiger partial charge in [-0.1, -0.05) is 17.7 Å². The molecule has 0 aliphatic carbocycles. The molecule has 1 heterocycles. The number of halogens is 1. The van der Waals surface area contributed by atoms with Crippen LogP contribution in [-0.2, 0) is 9.53 Å². The predicted molar refractivity (Wildman–Crippen MR) is 76.7 cm³/mol. The molecule has 0 spiro atoms. The fourth-order valence-electron chi connectivity index (χ4n) is 2.27. The average molecular weight is 283 g/mol. The smallest absolute Gasteiger partial charge is 0.256 e. The summed E-state index contributed by atoms with van der Waals surface area (Å²) in [5.74, 6) is -0.101. The molecule has 1 amide bonds. The van der Waals surface area contributed by atoms with E-state index in [1.54, 1.807) is 13.2 Å². The van der Waals surface area contributed by atoms with Gasteiger partial charge in [-0.3, -0.25) is 4.79 Å². The Morgan fingerprint density at radius 3 is 2.68 bits per heavy atom. The van der Waals surface area contributed by atoms with Crippen molar-refractivity contribution in [1.82, 2.24) is 5.32 Å². The van der Waals surface area contributed by atoms with Crippen LogP contribution in [0, 0.1) is 6.92 Å². The molecule has 0 bridgehead atoms. The number of ether oxygens (including phenoxy) is 1. The summed E-state index contributed by atoms with van der Waals surface area (Å²) in [5.41, 5.74) is 0.960. The molecule has 1 fully saturated rings. The highest BCUT2D eigenvalue weighted by atomic mass is 35.5. The van der Waals surface area contributed by atoms with E-state index in [0.717, 1.165) is 18.7 Å². The van der Waals surface area contributed by atoms with Gasteiger partial charge < -0.3 is 15.4 Å². The largest absolute Gasteiger partial charge is 0.368 e. The summed E-state index contributed by atoms with van der Waals surface area (Å²) in [6.07, 6.45) is 1.35. The minimum Gasteiger partial charge on any atom is -0.368 e. The lowest BCUT2D eigenvalue weighted by molar-refractivity contribution is -0.140. The maximum atomic E-state index is 12.4. The predicted octanol–water partition coefficient (Wildman–Crippen LogP) is 2.36. The number of nitrogens with one attached hydrogen (secondary N) is 2. The van der Waals surface area contributed by atoms with Gasteiger partial charge >= 0.3 is 0 Å². The lowest BCUT2D eigenvalue weighted by Gasteiger charge is -2.34. The van der Waals surface area contributed by atoms with Crippen LogP contribution in [0.3, 0.4) is 0 Å². The standard InChI is InChI=1S/C14H19ClN2O2/c1-10-3-4-11(9-12(10)15)17-13(18)14(19-2)5-7-16-8-6-14/h3-4,9,16H,5-8H2,1-2H3,(H,17,18). The molecule has 19 heavy (non-hydrogen) atoms. The molecular formula is C14H19ClN2O2. The van der Waals surface area contributed by atoms with Crippen LogP contribution in [0.2, 0.25) is 5.02 Å². The number of hydrogen-bond donors (Lipinski definition) is 2. The molecular weight excluding hydrogens is 264 g/mol. The number of benzene rings is 1. The van der Waals surface area contributed by atoms with Gasteiger partial charge in [0.05, 0.1) is 0 Å². The fraction of sp³-hybridized carbons (Fsp3) is 0.500. The van der Waals surface area contributed by atoms with Gasteiger partial charge in [0.15, 0.2) is 0 Å². The molecule has 5 heteroatoms. The number of rotatable bonds is 3. The third-order valence-corrected chi connectivity index (χ3v) is 4.05. The Balaban J connectivity index is 2.12. The van der Waals surface area contributed by atoms with Crippen LogP contribution in [-0.4, -0.2) is 31.7 Å². The van der Waals surface area contributed by atoms with Crippen LogP contribution >= 0.6 is 11.6 Å². The van der Waals surface area contributed by atoms with E-state index in [9.17, 15) is 4.79 Å². The Hall–Kier alpha value is -1.10. The highest BCUT2D eigenvalue weighted by Crippen LogP contribution is 2.26. The molecule has 1 aromatic rings. The quantitative estimate of drug-likeness (QED) is 0.895. The lowest BCUT2D eigenvalue weighted by atomic mass is 9.91. The maximum absolute atomic E-state index is 12.4. The number of hydrogen-bond acceptors (Lipinski definition) is 3. The van der Waals surface area contributed by atoms with E-state index in [4.69, 9.17) is 16.3 Å². The first-order valence-corrected chi connectivity index (χ1v) is 6.79. The Bertz CT molecular complexity index is 471. The molecule has 0 aromatic heterocycles. The second-order valence-corrected chi connectivity index (χ2v) is 5.27. The molecule has 1 aliphatic heterocycles. The summed E-state index contributed by atoms with van der Waals surface area (Å²) in [6, 6.07) is 5.50. The number of amides is 1. The zero-order valence-corrected chi connectivity index (χ0v) is 12.0. The summed E-state index contributed by atoms with van der Waals surface area (Å²) >= 11 is 6.06. The average Bonchev–Trinajstić information content (AvgIpc) is 2.43. The number of carbonyl (C=O) groups excluding carboxylic acids is 1. The second kappa shape index (κ2) is 5.90. The summed E-state index contributed by atoms with van der Waals surface area (Å²) < 4.78 is 5.48. The number of piperidine rings is 1. The lowest BCUT2D eigenvalue weighted by Crippen LogP contribution is -2.51. The number of methoxy groups -OCH3 is 1. The van der Waals surface area contributed by atoms with E-state index in [1.807, 2.05) is 19.1 Å². The van der Waals surface area contributed by atoms with Gasteiger partial charge in [-0.05, 0) is 50.6 Å². The van der Waals surface area contributed by atoms with Crippen LogP contribution in [0.15, 0.2) is 18.2 Å². The van der Waals surface area contributed by atoms with Crippen molar-refractivity contribution in [3.63, 3.8) is 0 Å². The topological polar surface area (TPSA) is 50.4 Å². The monoisotopic (exact) mass is 282 g/mol. The van der Waals surface area contributed by atoms with Crippen LogP contribution < -0.4 is 10.6 Å². The molecule has 0 unspecified atom stereocenters. The number of aryl methyl sites for hydroxylation is 1. The molecule has 1 aliphatic rings. The Labute approximate surface area is 118 Å². The fourth-order valence-corrected chi connectivity index (χ4v) is 2.45. The summed E-state index contributed by atoms with van der Waals surface area (Å²) in [6.45, 7) is 3.50. The Kier molecular flexibility index (Phi) is 4.45.